The zero-order chi connectivity index (χ0) is 15.0. The molecule has 21 heavy (non-hydrogen) atoms. The van der Waals surface area contributed by atoms with Crippen LogP contribution in [0.3, 0.4) is 0 Å². The molecule has 0 saturated carbocycles. The lowest BCUT2D eigenvalue weighted by Gasteiger charge is -2.27. The van der Waals surface area contributed by atoms with Crippen molar-refractivity contribution < 1.29 is 4.79 Å². The van der Waals surface area contributed by atoms with Crippen LogP contribution in [-0.4, -0.2) is 22.3 Å². The van der Waals surface area contributed by atoms with E-state index in [9.17, 15) is 4.79 Å². The van der Waals surface area contributed by atoms with Crippen molar-refractivity contribution in [2.75, 3.05) is 6.54 Å². The zero-order valence-corrected chi connectivity index (χ0v) is 13.7. The first-order valence-corrected chi connectivity index (χ1v) is 8.41. The van der Waals surface area contributed by atoms with Gasteiger partial charge < -0.3 is 4.90 Å². The maximum atomic E-state index is 12.6. The van der Waals surface area contributed by atoms with E-state index in [1.807, 2.05) is 23.1 Å². The number of hydrogen-bond donors (Lipinski definition) is 0. The van der Waals surface area contributed by atoms with Crippen molar-refractivity contribution in [1.29, 1.82) is 0 Å². The summed E-state index contributed by atoms with van der Waals surface area (Å²) in [5.41, 5.74) is 1.09. The molecule has 1 aromatic carbocycles. The number of benzene rings is 1. The predicted octanol–water partition coefficient (Wildman–Crippen LogP) is 4.40. The molecule has 1 atom stereocenters. The van der Waals surface area contributed by atoms with Gasteiger partial charge in [0.25, 0.3) is 0 Å². The number of fused-ring (bicyclic) bond motifs is 1. The molecule has 3 nitrogen and oxygen atoms in total. The Bertz CT molecular complexity index is 623. The van der Waals surface area contributed by atoms with Gasteiger partial charge in [0.05, 0.1) is 16.3 Å². The van der Waals surface area contributed by atoms with E-state index in [0.29, 0.717) is 6.42 Å². The van der Waals surface area contributed by atoms with Crippen molar-refractivity contribution in [3.63, 3.8) is 0 Å². The number of carbonyl (C=O) groups excluding carboxylic acids is 1. The van der Waals surface area contributed by atoms with Gasteiger partial charge in [0.2, 0.25) is 5.91 Å². The monoisotopic (exact) mass is 302 g/mol. The van der Waals surface area contributed by atoms with Gasteiger partial charge in [-0.15, -0.1) is 11.3 Å². The van der Waals surface area contributed by atoms with E-state index < -0.39 is 0 Å². The standard InChI is InChI=1S/C17H22N2OS/c1-17(2,3)11-15(20)19-10-6-8-13(19)16-18-12-7-4-5-9-14(12)21-16/h4-5,7,9,13H,6,8,10-11H2,1-3H3/t13-/m0/s1. The third-order valence-electron chi connectivity index (χ3n) is 3.85. The topological polar surface area (TPSA) is 33.2 Å². The lowest BCUT2D eigenvalue weighted by molar-refractivity contribution is -0.134. The van der Waals surface area contributed by atoms with E-state index in [1.165, 1.54) is 4.70 Å². The fourth-order valence-corrected chi connectivity index (χ4v) is 4.03. The van der Waals surface area contributed by atoms with Gasteiger partial charge in [0, 0.05) is 13.0 Å². The largest absolute Gasteiger partial charge is 0.333 e. The molecule has 3 rings (SSSR count). The van der Waals surface area contributed by atoms with Gasteiger partial charge in [-0.3, -0.25) is 4.79 Å². The molecule has 112 valence electrons. The normalized spacial score (nSPS) is 19.4. The zero-order valence-electron chi connectivity index (χ0n) is 12.9. The molecule has 1 fully saturated rings. The minimum atomic E-state index is 0.0395. The first kappa shape index (κ1) is 14.5. The van der Waals surface area contributed by atoms with Crippen LogP contribution in [0.15, 0.2) is 24.3 Å². The molecule has 0 bridgehead atoms. The molecule has 0 N–H and O–H groups in total. The summed E-state index contributed by atoms with van der Waals surface area (Å²) < 4.78 is 1.21. The van der Waals surface area contributed by atoms with Crippen LogP contribution in [0.5, 0.6) is 0 Å². The quantitative estimate of drug-likeness (QED) is 0.824. The molecule has 1 aromatic heterocycles. The number of para-hydroxylation sites is 1. The molecule has 1 saturated heterocycles. The summed E-state index contributed by atoms with van der Waals surface area (Å²) in [5, 5.41) is 1.09. The van der Waals surface area contributed by atoms with Crippen LogP contribution < -0.4 is 0 Å². The lowest BCUT2D eigenvalue weighted by atomic mass is 9.91. The maximum Gasteiger partial charge on any atom is 0.223 e. The molecule has 0 aliphatic carbocycles. The van der Waals surface area contributed by atoms with Crippen molar-refractivity contribution in [3.05, 3.63) is 29.3 Å². The predicted molar refractivity (Wildman–Crippen MR) is 87.4 cm³/mol. The number of aromatic nitrogens is 1. The number of thiazole rings is 1. The SMILES string of the molecule is CC(C)(C)CC(=O)N1CCC[C@H]1c1nc2ccccc2s1. The second kappa shape index (κ2) is 5.41. The number of carbonyl (C=O) groups is 1. The van der Waals surface area contributed by atoms with Crippen LogP contribution in [0.25, 0.3) is 10.2 Å². The molecule has 2 aromatic rings. The summed E-state index contributed by atoms with van der Waals surface area (Å²) in [7, 11) is 0. The summed E-state index contributed by atoms with van der Waals surface area (Å²) in [5.74, 6) is 0.268. The Morgan fingerprint density at radius 3 is 2.86 bits per heavy atom. The highest BCUT2D eigenvalue weighted by molar-refractivity contribution is 7.18. The summed E-state index contributed by atoms with van der Waals surface area (Å²) in [6, 6.07) is 8.39. The highest BCUT2D eigenvalue weighted by Crippen LogP contribution is 2.37. The number of nitrogens with zero attached hydrogens (tertiary/aromatic N) is 2. The molecule has 0 radical (unpaired) electrons. The van der Waals surface area contributed by atoms with Crippen molar-refractivity contribution >= 4 is 27.5 Å². The Morgan fingerprint density at radius 2 is 2.14 bits per heavy atom. The fourth-order valence-electron chi connectivity index (χ4n) is 2.91. The Kier molecular flexibility index (Phi) is 3.74. The molecule has 0 unspecified atom stereocenters. The molecule has 1 aliphatic heterocycles. The molecular weight excluding hydrogens is 280 g/mol. The third-order valence-corrected chi connectivity index (χ3v) is 4.99. The first-order valence-electron chi connectivity index (χ1n) is 7.59. The summed E-state index contributed by atoms with van der Waals surface area (Å²) in [6.45, 7) is 7.23. The molecule has 0 spiro atoms. The summed E-state index contributed by atoms with van der Waals surface area (Å²) >= 11 is 1.73. The van der Waals surface area contributed by atoms with Crippen molar-refractivity contribution in [3.8, 4) is 0 Å². The fraction of sp³-hybridized carbons (Fsp3) is 0.529. The van der Waals surface area contributed by atoms with Crippen molar-refractivity contribution in [1.82, 2.24) is 9.88 Å². The van der Waals surface area contributed by atoms with Crippen molar-refractivity contribution in [2.24, 2.45) is 5.41 Å². The summed E-state index contributed by atoms with van der Waals surface area (Å²) in [6.07, 6.45) is 2.72. The van der Waals surface area contributed by atoms with Gasteiger partial charge in [-0.25, -0.2) is 4.98 Å². The molecule has 1 amide bonds. The van der Waals surface area contributed by atoms with Gasteiger partial charge in [-0.2, -0.15) is 0 Å². The lowest BCUT2D eigenvalue weighted by Crippen LogP contribution is -2.33. The Hall–Kier alpha value is -1.42. The smallest absolute Gasteiger partial charge is 0.223 e. The number of rotatable bonds is 2. The van der Waals surface area contributed by atoms with E-state index in [1.54, 1.807) is 11.3 Å². The highest BCUT2D eigenvalue weighted by atomic mass is 32.1. The average Bonchev–Trinajstić information content (AvgIpc) is 3.02. The highest BCUT2D eigenvalue weighted by Gasteiger charge is 2.33. The second-order valence-electron chi connectivity index (χ2n) is 7.00. The van der Waals surface area contributed by atoms with E-state index in [4.69, 9.17) is 4.98 Å². The maximum absolute atomic E-state index is 12.6. The van der Waals surface area contributed by atoms with Crippen LogP contribution in [0.4, 0.5) is 0 Å². The van der Waals surface area contributed by atoms with Gasteiger partial charge in [-0.1, -0.05) is 32.9 Å². The Morgan fingerprint density at radius 1 is 1.38 bits per heavy atom. The molecule has 4 heteroatoms. The van der Waals surface area contributed by atoms with E-state index in [-0.39, 0.29) is 17.4 Å². The van der Waals surface area contributed by atoms with Crippen LogP contribution in [0.1, 0.15) is 51.1 Å². The van der Waals surface area contributed by atoms with Crippen molar-refractivity contribution in [2.45, 2.75) is 46.1 Å². The van der Waals surface area contributed by atoms with E-state index in [2.05, 4.69) is 26.8 Å². The first-order chi connectivity index (χ1) is 9.94. The Labute approximate surface area is 130 Å². The number of hydrogen-bond acceptors (Lipinski definition) is 3. The van der Waals surface area contributed by atoms with Gasteiger partial charge in [-0.05, 0) is 30.4 Å². The van der Waals surface area contributed by atoms with Gasteiger partial charge in [0.15, 0.2) is 0 Å². The molecule has 1 aliphatic rings. The van der Waals surface area contributed by atoms with Gasteiger partial charge >= 0.3 is 0 Å². The van der Waals surface area contributed by atoms with Crippen LogP contribution in [0.2, 0.25) is 0 Å². The Balaban J connectivity index is 1.85. The van der Waals surface area contributed by atoms with Crippen LogP contribution in [0, 0.1) is 5.41 Å². The second-order valence-corrected chi connectivity index (χ2v) is 8.06. The number of likely N-dealkylation sites (tertiary alicyclic amines) is 1. The van der Waals surface area contributed by atoms with Gasteiger partial charge in [0.1, 0.15) is 5.01 Å². The minimum Gasteiger partial charge on any atom is -0.333 e. The number of amides is 1. The van der Waals surface area contributed by atoms with Crippen LogP contribution in [-0.2, 0) is 4.79 Å². The minimum absolute atomic E-state index is 0.0395. The summed E-state index contributed by atoms with van der Waals surface area (Å²) in [4.78, 5) is 19.4. The van der Waals surface area contributed by atoms with E-state index >= 15 is 0 Å². The third kappa shape index (κ3) is 3.10. The molecular formula is C17H22N2OS. The van der Waals surface area contributed by atoms with E-state index in [0.717, 1.165) is 29.9 Å². The van der Waals surface area contributed by atoms with Crippen LogP contribution >= 0.6 is 11.3 Å². The molecule has 2 heterocycles. The average molecular weight is 302 g/mol.